The maximum Gasteiger partial charge on any atom is 0.410 e. The summed E-state index contributed by atoms with van der Waals surface area (Å²) in [6.07, 6.45) is 5.91. The minimum Gasteiger partial charge on any atom is -0.444 e. The van der Waals surface area contributed by atoms with Crippen LogP contribution in [-0.4, -0.2) is 47.1 Å². The average molecular weight is 291 g/mol. The van der Waals surface area contributed by atoms with Gasteiger partial charge in [0.1, 0.15) is 11.8 Å². The molecule has 0 bridgehead atoms. The van der Waals surface area contributed by atoms with Crippen LogP contribution in [0.25, 0.3) is 0 Å². The molecule has 0 aromatic rings. The van der Waals surface area contributed by atoms with Gasteiger partial charge in [0, 0.05) is 12.6 Å². The molecule has 116 valence electrons. The van der Waals surface area contributed by atoms with Gasteiger partial charge in [0.2, 0.25) is 0 Å². The lowest BCUT2D eigenvalue weighted by Gasteiger charge is -2.33. The molecular formula is C16H25N3O2. The van der Waals surface area contributed by atoms with E-state index in [1.54, 1.807) is 0 Å². The van der Waals surface area contributed by atoms with Gasteiger partial charge in [-0.25, -0.2) is 4.79 Å². The molecule has 0 spiro atoms. The van der Waals surface area contributed by atoms with E-state index >= 15 is 0 Å². The first-order chi connectivity index (χ1) is 9.73. The van der Waals surface area contributed by atoms with E-state index in [1.807, 2.05) is 25.7 Å². The Balaban J connectivity index is 2.18. The summed E-state index contributed by atoms with van der Waals surface area (Å²) in [6.45, 7) is 10.5. The van der Waals surface area contributed by atoms with Crippen LogP contribution in [0.2, 0.25) is 0 Å². The molecule has 4 atom stereocenters. The van der Waals surface area contributed by atoms with E-state index in [0.717, 1.165) is 12.1 Å². The second-order valence-corrected chi connectivity index (χ2v) is 6.95. The summed E-state index contributed by atoms with van der Waals surface area (Å²) in [5.74, 6) is 2.99. The number of nitrogens with one attached hydrogen (secondary N) is 1. The zero-order valence-electron chi connectivity index (χ0n) is 13.5. The summed E-state index contributed by atoms with van der Waals surface area (Å²) in [7, 11) is 0. The normalized spacial score (nSPS) is 32.8. The Morgan fingerprint density at radius 1 is 1.48 bits per heavy atom. The van der Waals surface area contributed by atoms with Gasteiger partial charge in [-0.15, -0.1) is 6.42 Å². The minimum absolute atomic E-state index is 0.00398. The topological polar surface area (TPSA) is 53.9 Å². The first-order valence-corrected chi connectivity index (χ1v) is 7.51. The van der Waals surface area contributed by atoms with Crippen molar-refractivity contribution in [3.05, 3.63) is 0 Å². The van der Waals surface area contributed by atoms with Crippen molar-refractivity contribution >= 4 is 11.8 Å². The van der Waals surface area contributed by atoms with Crippen LogP contribution in [0.15, 0.2) is 4.99 Å². The van der Waals surface area contributed by atoms with E-state index in [1.165, 1.54) is 0 Å². The standard InChI is InChI=1S/C16H25N3O2/c1-7-12-9-17-14(18-12)13-8-10(2)11(3)19(13)15(20)21-16(4,5)6/h1,10-11,13-14,17H,8-9H2,2-6H3. The van der Waals surface area contributed by atoms with Crippen molar-refractivity contribution < 1.29 is 9.53 Å². The van der Waals surface area contributed by atoms with E-state index < -0.39 is 5.60 Å². The first-order valence-electron chi connectivity index (χ1n) is 7.51. The number of carbonyl (C=O) groups is 1. The van der Waals surface area contributed by atoms with Gasteiger partial charge in [-0.3, -0.25) is 15.2 Å². The largest absolute Gasteiger partial charge is 0.444 e. The minimum atomic E-state index is -0.496. The van der Waals surface area contributed by atoms with Gasteiger partial charge in [0.25, 0.3) is 0 Å². The SMILES string of the molecule is C#CC1=NC(C2CC(C)C(C)N2C(=O)OC(C)(C)C)NC1. The highest BCUT2D eigenvalue weighted by Crippen LogP contribution is 2.33. The van der Waals surface area contributed by atoms with Gasteiger partial charge in [-0.05, 0) is 40.0 Å². The summed E-state index contributed by atoms with van der Waals surface area (Å²) in [4.78, 5) is 18.9. The van der Waals surface area contributed by atoms with E-state index in [0.29, 0.717) is 12.5 Å². The highest BCUT2D eigenvalue weighted by molar-refractivity contribution is 6.02. The smallest absolute Gasteiger partial charge is 0.410 e. The molecule has 2 heterocycles. The third kappa shape index (κ3) is 3.38. The number of nitrogens with zero attached hydrogens (tertiary/aromatic N) is 2. The van der Waals surface area contributed by atoms with Crippen LogP contribution in [0.4, 0.5) is 4.79 Å². The molecule has 21 heavy (non-hydrogen) atoms. The van der Waals surface area contributed by atoms with Crippen LogP contribution >= 0.6 is 0 Å². The molecule has 1 saturated heterocycles. The van der Waals surface area contributed by atoms with E-state index in [-0.39, 0.29) is 24.3 Å². The molecule has 2 aliphatic heterocycles. The zero-order chi connectivity index (χ0) is 15.8. The van der Waals surface area contributed by atoms with Crippen LogP contribution in [0.3, 0.4) is 0 Å². The van der Waals surface area contributed by atoms with Crippen molar-refractivity contribution in [2.45, 2.75) is 64.9 Å². The van der Waals surface area contributed by atoms with Crippen LogP contribution < -0.4 is 5.32 Å². The second-order valence-electron chi connectivity index (χ2n) is 6.95. The van der Waals surface area contributed by atoms with Gasteiger partial charge in [-0.1, -0.05) is 12.8 Å². The number of hydrogen-bond donors (Lipinski definition) is 1. The van der Waals surface area contributed by atoms with Crippen LogP contribution in [-0.2, 0) is 4.74 Å². The van der Waals surface area contributed by atoms with E-state index in [4.69, 9.17) is 11.2 Å². The van der Waals surface area contributed by atoms with Crippen molar-refractivity contribution in [2.24, 2.45) is 10.9 Å². The fraction of sp³-hybridized carbons (Fsp3) is 0.750. The predicted molar refractivity (Wildman–Crippen MR) is 83.2 cm³/mol. The molecule has 5 heteroatoms. The maximum absolute atomic E-state index is 12.5. The van der Waals surface area contributed by atoms with Crippen molar-refractivity contribution in [2.75, 3.05) is 6.54 Å². The Labute approximate surface area is 127 Å². The number of amides is 1. The number of aliphatic imine (C=N–C) groups is 1. The lowest BCUT2D eigenvalue weighted by molar-refractivity contribution is 0.0122. The van der Waals surface area contributed by atoms with Crippen molar-refractivity contribution in [1.82, 2.24) is 10.2 Å². The molecule has 0 aromatic heterocycles. The van der Waals surface area contributed by atoms with Crippen molar-refractivity contribution in [1.29, 1.82) is 0 Å². The fourth-order valence-electron chi connectivity index (χ4n) is 2.94. The molecule has 2 rings (SSSR count). The predicted octanol–water partition coefficient (Wildman–Crippen LogP) is 2.02. The Morgan fingerprint density at radius 2 is 2.14 bits per heavy atom. The summed E-state index contributed by atoms with van der Waals surface area (Å²) in [5.41, 5.74) is 0.222. The molecule has 0 aliphatic carbocycles. The Hall–Kier alpha value is -1.54. The molecule has 0 saturated carbocycles. The molecule has 1 amide bonds. The van der Waals surface area contributed by atoms with Gasteiger partial charge in [0.05, 0.1) is 11.8 Å². The molecular weight excluding hydrogens is 266 g/mol. The van der Waals surface area contributed by atoms with Gasteiger partial charge in [0.15, 0.2) is 0 Å². The van der Waals surface area contributed by atoms with Crippen LogP contribution in [0, 0.1) is 18.3 Å². The van der Waals surface area contributed by atoms with E-state index in [9.17, 15) is 4.79 Å². The van der Waals surface area contributed by atoms with Gasteiger partial charge < -0.3 is 4.74 Å². The molecule has 2 aliphatic rings. The maximum atomic E-state index is 12.5. The molecule has 5 nitrogen and oxygen atoms in total. The Bertz CT molecular complexity index is 487. The lowest BCUT2D eigenvalue weighted by Crippen LogP contribution is -2.50. The summed E-state index contributed by atoms with van der Waals surface area (Å²) in [6, 6.07) is 0.132. The Morgan fingerprint density at radius 3 is 2.67 bits per heavy atom. The van der Waals surface area contributed by atoms with Gasteiger partial charge in [-0.2, -0.15) is 0 Å². The van der Waals surface area contributed by atoms with E-state index in [2.05, 4.69) is 30.1 Å². The summed E-state index contributed by atoms with van der Waals surface area (Å²) < 4.78 is 5.55. The zero-order valence-corrected chi connectivity index (χ0v) is 13.5. The van der Waals surface area contributed by atoms with Gasteiger partial charge >= 0.3 is 6.09 Å². The van der Waals surface area contributed by atoms with Crippen molar-refractivity contribution in [3.63, 3.8) is 0 Å². The second kappa shape index (κ2) is 5.69. The molecule has 0 radical (unpaired) electrons. The number of ether oxygens (including phenoxy) is 1. The number of hydrogen-bond acceptors (Lipinski definition) is 4. The summed E-state index contributed by atoms with van der Waals surface area (Å²) in [5, 5.41) is 3.29. The van der Waals surface area contributed by atoms with Crippen molar-refractivity contribution in [3.8, 4) is 12.3 Å². The highest BCUT2D eigenvalue weighted by atomic mass is 16.6. The molecule has 1 fully saturated rings. The monoisotopic (exact) mass is 291 g/mol. The number of rotatable bonds is 1. The first kappa shape index (κ1) is 15.8. The summed E-state index contributed by atoms with van der Waals surface area (Å²) >= 11 is 0. The third-order valence-electron chi connectivity index (χ3n) is 4.14. The number of likely N-dealkylation sites (tertiary alicyclic amines) is 1. The molecule has 1 N–H and O–H groups in total. The molecule has 0 aromatic carbocycles. The highest BCUT2D eigenvalue weighted by Gasteiger charge is 2.45. The Kier molecular flexibility index (Phi) is 4.29. The molecule has 4 unspecified atom stereocenters. The lowest BCUT2D eigenvalue weighted by atomic mass is 10.0. The van der Waals surface area contributed by atoms with Crippen LogP contribution in [0.5, 0.6) is 0 Å². The third-order valence-corrected chi connectivity index (χ3v) is 4.14. The average Bonchev–Trinajstić information content (AvgIpc) is 2.93. The number of carbonyl (C=O) groups excluding carboxylic acids is 1. The fourth-order valence-corrected chi connectivity index (χ4v) is 2.94. The number of terminal acetylenes is 1. The quantitative estimate of drug-likeness (QED) is 0.752. The van der Waals surface area contributed by atoms with Crippen LogP contribution in [0.1, 0.15) is 41.0 Å².